The number of H-pyrrole nitrogens is 1. The van der Waals surface area contributed by atoms with Gasteiger partial charge in [0.15, 0.2) is 0 Å². The van der Waals surface area contributed by atoms with Gasteiger partial charge in [-0.3, -0.25) is 19.7 Å². The third kappa shape index (κ3) is 4.04. The summed E-state index contributed by atoms with van der Waals surface area (Å²) in [7, 11) is 0. The van der Waals surface area contributed by atoms with Crippen molar-refractivity contribution in [2.45, 2.75) is 25.5 Å². The zero-order valence-corrected chi connectivity index (χ0v) is 15.5. The number of ether oxygens (including phenoxy) is 1. The van der Waals surface area contributed by atoms with Crippen molar-refractivity contribution in [3.8, 4) is 5.69 Å². The minimum atomic E-state index is -0.268. The normalized spacial score (nSPS) is 16.2. The van der Waals surface area contributed by atoms with Crippen molar-refractivity contribution in [1.29, 1.82) is 0 Å². The van der Waals surface area contributed by atoms with Gasteiger partial charge in [-0.1, -0.05) is 18.2 Å². The summed E-state index contributed by atoms with van der Waals surface area (Å²) in [5.74, 6) is -0.223. The molecule has 0 aliphatic carbocycles. The fourth-order valence-corrected chi connectivity index (χ4v) is 3.41. The molecule has 0 bridgehead atoms. The molecule has 2 aromatic heterocycles. The van der Waals surface area contributed by atoms with Crippen molar-refractivity contribution in [2.75, 3.05) is 13.2 Å². The van der Waals surface area contributed by atoms with Crippen LogP contribution in [0.1, 0.15) is 28.9 Å². The van der Waals surface area contributed by atoms with Crippen LogP contribution in [0.5, 0.6) is 0 Å². The van der Waals surface area contributed by atoms with E-state index in [4.69, 9.17) is 4.74 Å². The summed E-state index contributed by atoms with van der Waals surface area (Å²) >= 11 is 0. The van der Waals surface area contributed by atoms with Crippen molar-refractivity contribution in [2.24, 2.45) is 0 Å². The van der Waals surface area contributed by atoms with Gasteiger partial charge in [0.05, 0.1) is 11.8 Å². The van der Waals surface area contributed by atoms with E-state index in [9.17, 15) is 9.59 Å². The third-order valence-corrected chi connectivity index (χ3v) is 4.82. The van der Waals surface area contributed by atoms with Crippen LogP contribution < -0.4 is 5.56 Å². The van der Waals surface area contributed by atoms with Gasteiger partial charge < -0.3 is 9.64 Å². The average molecular weight is 378 g/mol. The number of nitrogens with zero attached hydrogens (tertiary/aromatic N) is 3. The summed E-state index contributed by atoms with van der Waals surface area (Å²) in [4.78, 5) is 31.4. The molecule has 0 radical (unpaired) electrons. The maximum atomic E-state index is 13.2. The standard InChI is InChI=1S/C21H22N4O3/c26-20-13-19(23-25(20)17-5-2-1-3-6-17)21(27)24(15-18-7-4-12-28-18)14-16-8-10-22-11-9-16/h1-3,5-6,8-11,13,18,23H,4,7,12,14-15H2/t18-/m1/s1. The van der Waals surface area contributed by atoms with Crippen molar-refractivity contribution in [1.82, 2.24) is 19.7 Å². The number of carbonyl (C=O) groups is 1. The van der Waals surface area contributed by atoms with E-state index in [-0.39, 0.29) is 23.3 Å². The molecule has 1 saturated heterocycles. The second kappa shape index (κ2) is 8.22. The fourth-order valence-electron chi connectivity index (χ4n) is 3.41. The lowest BCUT2D eigenvalue weighted by Crippen LogP contribution is -2.37. The summed E-state index contributed by atoms with van der Waals surface area (Å²) in [6.07, 6.45) is 5.37. The minimum absolute atomic E-state index is 0.0220. The van der Waals surface area contributed by atoms with Gasteiger partial charge in [-0.25, -0.2) is 4.68 Å². The molecule has 1 atom stereocenters. The van der Waals surface area contributed by atoms with E-state index < -0.39 is 0 Å². The average Bonchev–Trinajstić information content (AvgIpc) is 3.38. The number of hydrogen-bond donors (Lipinski definition) is 1. The van der Waals surface area contributed by atoms with Crippen LogP contribution in [-0.2, 0) is 11.3 Å². The van der Waals surface area contributed by atoms with Crippen LogP contribution in [0.25, 0.3) is 5.69 Å². The number of aromatic amines is 1. The molecule has 4 rings (SSSR count). The molecule has 0 spiro atoms. The first-order valence-electron chi connectivity index (χ1n) is 9.38. The molecule has 1 aliphatic heterocycles. The van der Waals surface area contributed by atoms with Crippen LogP contribution in [-0.4, -0.2) is 44.8 Å². The molecular weight excluding hydrogens is 356 g/mol. The number of aromatic nitrogens is 3. The Kier molecular flexibility index (Phi) is 5.34. The second-order valence-corrected chi connectivity index (χ2v) is 6.86. The van der Waals surface area contributed by atoms with Gasteiger partial charge in [-0.05, 0) is 42.7 Å². The predicted octanol–water partition coefficient (Wildman–Crippen LogP) is 2.38. The maximum absolute atomic E-state index is 13.2. The summed E-state index contributed by atoms with van der Waals surface area (Å²) in [5.41, 5.74) is 1.66. The smallest absolute Gasteiger partial charge is 0.272 e. The first kappa shape index (κ1) is 18.2. The van der Waals surface area contributed by atoms with Gasteiger partial charge in [-0.2, -0.15) is 0 Å². The van der Waals surface area contributed by atoms with Crippen LogP contribution in [0.15, 0.2) is 65.7 Å². The zero-order chi connectivity index (χ0) is 19.3. The molecule has 0 saturated carbocycles. The molecule has 7 nitrogen and oxygen atoms in total. The lowest BCUT2D eigenvalue weighted by Gasteiger charge is -2.25. The Morgan fingerprint density at radius 3 is 2.71 bits per heavy atom. The van der Waals surface area contributed by atoms with E-state index >= 15 is 0 Å². The number of carbonyl (C=O) groups excluding carboxylic acids is 1. The van der Waals surface area contributed by atoms with E-state index in [0.717, 1.165) is 25.0 Å². The Morgan fingerprint density at radius 2 is 2.00 bits per heavy atom. The van der Waals surface area contributed by atoms with Gasteiger partial charge >= 0.3 is 0 Å². The van der Waals surface area contributed by atoms with E-state index in [1.807, 2.05) is 42.5 Å². The fraction of sp³-hybridized carbons (Fsp3) is 0.286. The molecule has 1 aromatic carbocycles. The summed E-state index contributed by atoms with van der Waals surface area (Å²) in [6.45, 7) is 1.64. The number of rotatable bonds is 6. The summed E-state index contributed by atoms with van der Waals surface area (Å²) < 4.78 is 7.10. The molecule has 3 aromatic rings. The molecule has 1 amide bonds. The number of nitrogens with one attached hydrogen (secondary N) is 1. The summed E-state index contributed by atoms with van der Waals surface area (Å²) in [5, 5.41) is 2.95. The monoisotopic (exact) mass is 378 g/mol. The van der Waals surface area contributed by atoms with E-state index in [1.165, 1.54) is 10.7 Å². The zero-order valence-electron chi connectivity index (χ0n) is 15.5. The van der Waals surface area contributed by atoms with Crippen LogP contribution >= 0.6 is 0 Å². The van der Waals surface area contributed by atoms with Crippen LogP contribution in [0.2, 0.25) is 0 Å². The van der Waals surface area contributed by atoms with Gasteiger partial charge in [0.2, 0.25) is 0 Å². The van der Waals surface area contributed by atoms with Crippen LogP contribution in [0.4, 0.5) is 0 Å². The quantitative estimate of drug-likeness (QED) is 0.714. The Balaban J connectivity index is 1.60. The van der Waals surface area contributed by atoms with Crippen molar-refractivity contribution < 1.29 is 9.53 Å². The molecule has 0 unspecified atom stereocenters. The van der Waals surface area contributed by atoms with Crippen molar-refractivity contribution >= 4 is 5.91 Å². The molecule has 1 fully saturated rings. The molecule has 144 valence electrons. The second-order valence-electron chi connectivity index (χ2n) is 6.86. The number of amides is 1. The maximum Gasteiger partial charge on any atom is 0.272 e. The predicted molar refractivity (Wildman–Crippen MR) is 104 cm³/mol. The number of para-hydroxylation sites is 1. The highest BCUT2D eigenvalue weighted by Crippen LogP contribution is 2.17. The van der Waals surface area contributed by atoms with E-state index in [0.29, 0.717) is 18.8 Å². The van der Waals surface area contributed by atoms with Crippen LogP contribution in [0.3, 0.4) is 0 Å². The molecular formula is C21H22N4O3. The molecule has 1 N–H and O–H groups in total. The molecule has 3 heterocycles. The Hall–Kier alpha value is -3.19. The molecule has 1 aliphatic rings. The molecule has 28 heavy (non-hydrogen) atoms. The van der Waals surface area contributed by atoms with Crippen molar-refractivity contribution in [3.63, 3.8) is 0 Å². The first-order valence-corrected chi connectivity index (χ1v) is 9.38. The van der Waals surface area contributed by atoms with Crippen LogP contribution in [0, 0.1) is 0 Å². The Labute approximate surface area is 162 Å². The minimum Gasteiger partial charge on any atom is -0.376 e. The highest BCUT2D eigenvalue weighted by Gasteiger charge is 2.25. The van der Waals surface area contributed by atoms with Gasteiger partial charge in [0.1, 0.15) is 5.69 Å². The Bertz CT molecular complexity index is 976. The third-order valence-electron chi connectivity index (χ3n) is 4.82. The van der Waals surface area contributed by atoms with E-state index in [2.05, 4.69) is 10.1 Å². The lowest BCUT2D eigenvalue weighted by molar-refractivity contribution is 0.0502. The van der Waals surface area contributed by atoms with Crippen molar-refractivity contribution in [3.05, 3.63) is 82.5 Å². The lowest BCUT2D eigenvalue weighted by atomic mass is 10.2. The first-order chi connectivity index (χ1) is 13.7. The highest BCUT2D eigenvalue weighted by atomic mass is 16.5. The topological polar surface area (TPSA) is 80.2 Å². The number of benzene rings is 1. The van der Waals surface area contributed by atoms with Gasteiger partial charge in [0.25, 0.3) is 11.5 Å². The largest absolute Gasteiger partial charge is 0.376 e. The highest BCUT2D eigenvalue weighted by molar-refractivity contribution is 5.92. The SMILES string of the molecule is O=C(c1cc(=O)n(-c2ccccc2)[nH]1)N(Cc1ccncc1)C[C@H]1CCCO1. The number of hydrogen-bond acceptors (Lipinski definition) is 4. The van der Waals surface area contributed by atoms with Gasteiger partial charge in [-0.15, -0.1) is 0 Å². The summed E-state index contributed by atoms with van der Waals surface area (Å²) in [6, 6.07) is 14.3. The number of pyridine rings is 1. The van der Waals surface area contributed by atoms with Gasteiger partial charge in [0, 0.05) is 38.2 Å². The Morgan fingerprint density at radius 1 is 1.21 bits per heavy atom. The van der Waals surface area contributed by atoms with E-state index in [1.54, 1.807) is 17.3 Å². The molecule has 7 heteroatoms.